The van der Waals surface area contributed by atoms with Gasteiger partial charge in [0.05, 0.1) is 4.90 Å². The van der Waals surface area contributed by atoms with Crippen LogP contribution >= 0.6 is 0 Å². The number of carbonyl (C=O) groups excluding carboxylic acids is 1. The van der Waals surface area contributed by atoms with Crippen LogP contribution in [0.25, 0.3) is 0 Å². The van der Waals surface area contributed by atoms with Crippen LogP contribution in [-0.2, 0) is 16.4 Å². The molecule has 0 spiro atoms. The minimum absolute atomic E-state index is 0.195. The monoisotopic (exact) mass is 376 g/mol. The maximum absolute atomic E-state index is 12.8. The molecule has 0 radical (unpaired) electrons. The Morgan fingerprint density at radius 2 is 1.69 bits per heavy atom. The minimum atomic E-state index is -3.53. The SMILES string of the molecule is CCCc1ccc(S(=O)(=O)N2CCN(C(=O)c3ccc(C)o3)CC2)cc1. The van der Waals surface area contributed by atoms with Crippen molar-refractivity contribution in [3.63, 3.8) is 0 Å². The summed E-state index contributed by atoms with van der Waals surface area (Å²) >= 11 is 0. The Kier molecular flexibility index (Phi) is 5.48. The number of aryl methyl sites for hydroxylation is 2. The van der Waals surface area contributed by atoms with Crippen molar-refractivity contribution in [3.05, 3.63) is 53.5 Å². The maximum Gasteiger partial charge on any atom is 0.289 e. The fourth-order valence-electron chi connectivity index (χ4n) is 3.10. The summed E-state index contributed by atoms with van der Waals surface area (Å²) in [5.74, 6) is 0.783. The third-order valence-corrected chi connectivity index (χ3v) is 6.49. The largest absolute Gasteiger partial charge is 0.456 e. The van der Waals surface area contributed by atoms with E-state index in [2.05, 4.69) is 6.92 Å². The van der Waals surface area contributed by atoms with E-state index in [1.807, 2.05) is 12.1 Å². The normalized spacial score (nSPS) is 16.0. The lowest BCUT2D eigenvalue weighted by Crippen LogP contribution is -2.50. The number of nitrogens with zero attached hydrogens (tertiary/aromatic N) is 2. The summed E-state index contributed by atoms with van der Waals surface area (Å²) in [6.07, 6.45) is 1.96. The molecule has 1 amide bonds. The average Bonchev–Trinajstić information content (AvgIpc) is 3.08. The molecule has 0 aliphatic carbocycles. The first-order valence-corrected chi connectivity index (χ1v) is 10.3. The van der Waals surface area contributed by atoms with Gasteiger partial charge in [-0.2, -0.15) is 4.31 Å². The van der Waals surface area contributed by atoms with E-state index in [1.165, 1.54) is 4.31 Å². The van der Waals surface area contributed by atoms with Gasteiger partial charge in [-0.3, -0.25) is 4.79 Å². The lowest BCUT2D eigenvalue weighted by molar-refractivity contribution is 0.0664. The van der Waals surface area contributed by atoms with Crippen molar-refractivity contribution in [2.75, 3.05) is 26.2 Å². The van der Waals surface area contributed by atoms with Gasteiger partial charge >= 0.3 is 0 Å². The summed E-state index contributed by atoms with van der Waals surface area (Å²) < 4.78 is 32.4. The van der Waals surface area contributed by atoms with E-state index >= 15 is 0 Å². The van der Waals surface area contributed by atoms with Crippen molar-refractivity contribution in [1.29, 1.82) is 0 Å². The molecule has 3 rings (SSSR count). The van der Waals surface area contributed by atoms with E-state index in [1.54, 1.807) is 36.1 Å². The molecular formula is C19H24N2O4S. The molecule has 140 valence electrons. The van der Waals surface area contributed by atoms with E-state index in [0.29, 0.717) is 29.5 Å². The molecule has 1 aliphatic rings. The standard InChI is InChI=1S/C19H24N2O4S/c1-3-4-16-6-8-17(9-7-16)26(23,24)21-13-11-20(12-14-21)19(22)18-10-5-15(2)25-18/h5-10H,3-4,11-14H2,1-2H3. The highest BCUT2D eigenvalue weighted by atomic mass is 32.2. The van der Waals surface area contributed by atoms with Gasteiger partial charge in [-0.15, -0.1) is 0 Å². The van der Waals surface area contributed by atoms with Gasteiger partial charge in [0.25, 0.3) is 5.91 Å². The third kappa shape index (κ3) is 3.83. The smallest absolute Gasteiger partial charge is 0.289 e. The average molecular weight is 376 g/mol. The highest BCUT2D eigenvalue weighted by molar-refractivity contribution is 7.89. The molecule has 2 aromatic rings. The number of hydrogen-bond acceptors (Lipinski definition) is 4. The molecule has 2 heterocycles. The number of carbonyl (C=O) groups is 1. The van der Waals surface area contributed by atoms with Crippen LogP contribution in [0, 0.1) is 6.92 Å². The Labute approximate surface area is 154 Å². The van der Waals surface area contributed by atoms with Crippen LogP contribution in [0.5, 0.6) is 0 Å². The quantitative estimate of drug-likeness (QED) is 0.804. The zero-order chi connectivity index (χ0) is 18.7. The van der Waals surface area contributed by atoms with Crippen LogP contribution in [0.4, 0.5) is 0 Å². The highest BCUT2D eigenvalue weighted by Crippen LogP contribution is 2.20. The van der Waals surface area contributed by atoms with Gasteiger partial charge < -0.3 is 9.32 Å². The number of amides is 1. The van der Waals surface area contributed by atoms with E-state index in [4.69, 9.17) is 4.42 Å². The molecule has 26 heavy (non-hydrogen) atoms. The molecule has 1 aliphatic heterocycles. The summed E-state index contributed by atoms with van der Waals surface area (Å²) in [4.78, 5) is 14.3. The van der Waals surface area contributed by atoms with Crippen LogP contribution in [0.3, 0.4) is 0 Å². The fourth-order valence-corrected chi connectivity index (χ4v) is 4.52. The van der Waals surface area contributed by atoms with Gasteiger partial charge in [-0.25, -0.2) is 8.42 Å². The number of piperazine rings is 1. The molecule has 0 saturated carbocycles. The second-order valence-corrected chi connectivity index (χ2v) is 8.44. The maximum atomic E-state index is 12.8. The molecule has 1 saturated heterocycles. The molecule has 0 atom stereocenters. The van der Waals surface area contributed by atoms with Crippen LogP contribution in [-0.4, -0.2) is 49.7 Å². The number of rotatable bonds is 5. The Morgan fingerprint density at radius 3 is 2.23 bits per heavy atom. The van der Waals surface area contributed by atoms with E-state index in [0.717, 1.165) is 18.4 Å². The topological polar surface area (TPSA) is 70.8 Å². The van der Waals surface area contributed by atoms with E-state index < -0.39 is 10.0 Å². The Balaban J connectivity index is 1.65. The zero-order valence-electron chi connectivity index (χ0n) is 15.1. The number of sulfonamides is 1. The van der Waals surface area contributed by atoms with Crippen LogP contribution in [0.2, 0.25) is 0 Å². The van der Waals surface area contributed by atoms with Crippen molar-refractivity contribution in [3.8, 4) is 0 Å². The first-order valence-electron chi connectivity index (χ1n) is 8.86. The summed E-state index contributed by atoms with van der Waals surface area (Å²) in [5, 5.41) is 0. The molecule has 0 unspecified atom stereocenters. The predicted octanol–water partition coefficient (Wildman–Crippen LogP) is 2.69. The summed E-state index contributed by atoms with van der Waals surface area (Å²) in [7, 11) is -3.53. The van der Waals surface area contributed by atoms with Crippen molar-refractivity contribution in [1.82, 2.24) is 9.21 Å². The molecule has 1 aromatic carbocycles. The van der Waals surface area contributed by atoms with Crippen molar-refractivity contribution in [2.24, 2.45) is 0 Å². The molecule has 0 bridgehead atoms. The van der Waals surface area contributed by atoms with Gasteiger partial charge in [-0.05, 0) is 43.2 Å². The Morgan fingerprint density at radius 1 is 1.04 bits per heavy atom. The molecule has 1 aromatic heterocycles. The second kappa shape index (κ2) is 7.63. The van der Waals surface area contributed by atoms with Crippen molar-refractivity contribution < 1.29 is 17.6 Å². The first-order chi connectivity index (χ1) is 12.4. The Bertz CT molecular complexity index is 863. The van der Waals surface area contributed by atoms with Crippen LogP contribution < -0.4 is 0 Å². The van der Waals surface area contributed by atoms with Crippen molar-refractivity contribution >= 4 is 15.9 Å². The van der Waals surface area contributed by atoms with Crippen molar-refractivity contribution in [2.45, 2.75) is 31.6 Å². The lowest BCUT2D eigenvalue weighted by atomic mass is 10.1. The van der Waals surface area contributed by atoms with E-state index in [9.17, 15) is 13.2 Å². The number of benzene rings is 1. The van der Waals surface area contributed by atoms with Gasteiger partial charge in [0.1, 0.15) is 5.76 Å². The van der Waals surface area contributed by atoms with Gasteiger partial charge in [-0.1, -0.05) is 25.5 Å². The molecule has 1 fully saturated rings. The summed E-state index contributed by atoms with van der Waals surface area (Å²) in [6.45, 7) is 5.15. The third-order valence-electron chi connectivity index (χ3n) is 4.58. The highest BCUT2D eigenvalue weighted by Gasteiger charge is 2.31. The summed E-state index contributed by atoms with van der Waals surface area (Å²) in [5.41, 5.74) is 1.13. The zero-order valence-corrected chi connectivity index (χ0v) is 16.0. The molecule has 0 N–H and O–H groups in total. The second-order valence-electron chi connectivity index (χ2n) is 6.50. The first kappa shape index (κ1) is 18.7. The van der Waals surface area contributed by atoms with Gasteiger partial charge in [0.15, 0.2) is 5.76 Å². The van der Waals surface area contributed by atoms with Gasteiger partial charge in [0.2, 0.25) is 10.0 Å². The van der Waals surface area contributed by atoms with Crippen LogP contribution in [0.15, 0.2) is 45.7 Å². The fraction of sp³-hybridized carbons (Fsp3) is 0.421. The number of furan rings is 1. The molecular weight excluding hydrogens is 352 g/mol. The van der Waals surface area contributed by atoms with Crippen LogP contribution in [0.1, 0.15) is 35.2 Å². The Hall–Kier alpha value is -2.12. The minimum Gasteiger partial charge on any atom is -0.456 e. The van der Waals surface area contributed by atoms with Gasteiger partial charge in [0, 0.05) is 26.2 Å². The van der Waals surface area contributed by atoms with E-state index in [-0.39, 0.29) is 19.0 Å². The molecule has 6 nitrogen and oxygen atoms in total. The number of hydrogen-bond donors (Lipinski definition) is 0. The predicted molar refractivity (Wildman–Crippen MR) is 98.5 cm³/mol. The summed E-state index contributed by atoms with van der Waals surface area (Å²) in [6, 6.07) is 10.5. The molecule has 7 heteroatoms. The lowest BCUT2D eigenvalue weighted by Gasteiger charge is -2.33.